The molecule has 0 N–H and O–H groups in total. The van der Waals surface area contributed by atoms with Crippen molar-refractivity contribution in [1.82, 2.24) is 0 Å². The molecule has 0 unspecified atom stereocenters. The number of thioether (sulfide) groups is 1. The third-order valence-corrected chi connectivity index (χ3v) is 5.54. The Morgan fingerprint density at radius 2 is 1.72 bits per heavy atom. The fraction of sp³-hybridized carbons (Fsp3) is 0.800. The van der Waals surface area contributed by atoms with E-state index in [4.69, 9.17) is 4.74 Å². The zero-order valence-corrected chi connectivity index (χ0v) is 11.9. The second-order valence-electron chi connectivity index (χ2n) is 6.53. The molecule has 4 fully saturated rings. The van der Waals surface area contributed by atoms with E-state index in [1.807, 2.05) is 6.26 Å². The van der Waals surface area contributed by atoms with Gasteiger partial charge >= 0.3 is 5.97 Å². The first-order valence-electron chi connectivity index (χ1n) is 7.00. The molecule has 4 bridgehead atoms. The largest absolute Gasteiger partial charge is 0.456 e. The van der Waals surface area contributed by atoms with Crippen molar-refractivity contribution in [3.63, 3.8) is 0 Å². The Hall–Kier alpha value is -0.440. The summed E-state index contributed by atoms with van der Waals surface area (Å²) >= 11 is 1.63. The van der Waals surface area contributed by atoms with Gasteiger partial charge in [-0.3, -0.25) is 0 Å². The molecule has 2 nitrogen and oxygen atoms in total. The second kappa shape index (κ2) is 4.59. The van der Waals surface area contributed by atoms with Crippen molar-refractivity contribution in [3.05, 3.63) is 12.2 Å². The molecule has 0 saturated heterocycles. The van der Waals surface area contributed by atoms with Crippen LogP contribution in [-0.4, -0.2) is 23.6 Å². The molecular formula is C15H22O2S. The van der Waals surface area contributed by atoms with Crippen LogP contribution in [0, 0.1) is 17.8 Å². The molecule has 0 spiro atoms. The Labute approximate surface area is 114 Å². The lowest BCUT2D eigenvalue weighted by Gasteiger charge is -2.55. The third kappa shape index (κ3) is 2.22. The van der Waals surface area contributed by atoms with Gasteiger partial charge in [-0.25, -0.2) is 4.79 Å². The summed E-state index contributed by atoms with van der Waals surface area (Å²) in [6.07, 6.45) is 9.45. The molecule has 0 aromatic rings. The Kier molecular flexibility index (Phi) is 3.21. The quantitative estimate of drug-likeness (QED) is 0.576. The number of ether oxygens (including phenoxy) is 1. The number of carbonyl (C=O) groups excluding carboxylic acids is 1. The molecule has 100 valence electrons. The van der Waals surface area contributed by atoms with Crippen molar-refractivity contribution in [2.75, 3.05) is 12.0 Å². The SMILES string of the molecule is C=C(CSC)C(=O)OC12CC3CC(CC(C3)C1)C2. The van der Waals surface area contributed by atoms with E-state index in [0.717, 1.165) is 37.0 Å². The van der Waals surface area contributed by atoms with Gasteiger partial charge in [-0.05, 0) is 62.5 Å². The lowest BCUT2D eigenvalue weighted by Crippen LogP contribution is -2.52. The first kappa shape index (κ1) is 12.6. The highest BCUT2D eigenvalue weighted by Gasteiger charge is 2.53. The van der Waals surface area contributed by atoms with Gasteiger partial charge in [-0.2, -0.15) is 11.8 Å². The van der Waals surface area contributed by atoms with Crippen LogP contribution in [0.5, 0.6) is 0 Å². The first-order valence-corrected chi connectivity index (χ1v) is 8.40. The maximum atomic E-state index is 12.1. The molecule has 3 heteroatoms. The Morgan fingerprint density at radius 3 is 2.17 bits per heavy atom. The van der Waals surface area contributed by atoms with Crippen LogP contribution in [0.25, 0.3) is 0 Å². The molecule has 0 amide bonds. The van der Waals surface area contributed by atoms with Crippen molar-refractivity contribution >= 4 is 17.7 Å². The lowest BCUT2D eigenvalue weighted by molar-refractivity contribution is -0.182. The van der Waals surface area contributed by atoms with E-state index in [1.165, 1.54) is 19.3 Å². The predicted molar refractivity (Wildman–Crippen MR) is 74.5 cm³/mol. The van der Waals surface area contributed by atoms with E-state index in [9.17, 15) is 4.79 Å². The predicted octanol–water partition coefficient (Wildman–Crippen LogP) is 3.42. The maximum Gasteiger partial charge on any atom is 0.334 e. The zero-order chi connectivity index (χ0) is 12.8. The van der Waals surface area contributed by atoms with Gasteiger partial charge in [0, 0.05) is 11.3 Å². The number of carbonyl (C=O) groups is 1. The zero-order valence-electron chi connectivity index (χ0n) is 11.1. The fourth-order valence-electron chi connectivity index (χ4n) is 4.66. The van der Waals surface area contributed by atoms with Crippen LogP contribution < -0.4 is 0 Å². The topological polar surface area (TPSA) is 26.3 Å². The molecule has 0 aliphatic heterocycles. The van der Waals surface area contributed by atoms with Crippen molar-refractivity contribution in [1.29, 1.82) is 0 Å². The van der Waals surface area contributed by atoms with Crippen LogP contribution >= 0.6 is 11.8 Å². The summed E-state index contributed by atoms with van der Waals surface area (Å²) in [6.45, 7) is 3.85. The number of esters is 1. The van der Waals surface area contributed by atoms with Gasteiger partial charge in [0.15, 0.2) is 0 Å². The normalized spacial score (nSPS) is 40.8. The standard InChI is InChI=1S/C15H22O2S/c1-10(9-18-2)14(16)17-15-6-11-3-12(7-15)5-13(4-11)8-15/h11-13H,1,3-9H2,2H3. The molecule has 0 aromatic heterocycles. The summed E-state index contributed by atoms with van der Waals surface area (Å²) in [6, 6.07) is 0. The number of hydrogen-bond donors (Lipinski definition) is 0. The highest BCUT2D eigenvalue weighted by atomic mass is 32.2. The molecule has 0 atom stereocenters. The van der Waals surface area contributed by atoms with E-state index in [-0.39, 0.29) is 11.6 Å². The van der Waals surface area contributed by atoms with Gasteiger partial charge in [0.1, 0.15) is 5.60 Å². The smallest absolute Gasteiger partial charge is 0.334 e. The van der Waals surface area contributed by atoms with Crippen molar-refractivity contribution in [3.8, 4) is 0 Å². The Morgan fingerprint density at radius 1 is 1.22 bits per heavy atom. The van der Waals surface area contributed by atoms with Crippen LogP contribution in [0.3, 0.4) is 0 Å². The number of rotatable bonds is 4. The van der Waals surface area contributed by atoms with Gasteiger partial charge < -0.3 is 4.74 Å². The Balaban J connectivity index is 1.68. The fourth-order valence-corrected chi connectivity index (χ4v) is 5.12. The first-order chi connectivity index (χ1) is 8.60. The van der Waals surface area contributed by atoms with Crippen LogP contribution in [0.1, 0.15) is 38.5 Å². The van der Waals surface area contributed by atoms with E-state index in [1.54, 1.807) is 11.8 Å². The van der Waals surface area contributed by atoms with Gasteiger partial charge in [0.05, 0.1) is 0 Å². The van der Waals surface area contributed by atoms with E-state index in [2.05, 4.69) is 6.58 Å². The molecule has 18 heavy (non-hydrogen) atoms. The van der Waals surface area contributed by atoms with Gasteiger partial charge in [-0.15, -0.1) is 0 Å². The van der Waals surface area contributed by atoms with E-state index in [0.29, 0.717) is 11.3 Å². The summed E-state index contributed by atoms with van der Waals surface area (Å²) in [5.41, 5.74) is 0.505. The molecule has 4 aliphatic rings. The molecule has 4 rings (SSSR count). The van der Waals surface area contributed by atoms with Crippen molar-refractivity contribution < 1.29 is 9.53 Å². The summed E-state index contributed by atoms with van der Waals surface area (Å²) < 4.78 is 5.91. The maximum absolute atomic E-state index is 12.1. The van der Waals surface area contributed by atoms with Crippen LogP contribution in [0.4, 0.5) is 0 Å². The number of hydrogen-bond acceptors (Lipinski definition) is 3. The highest BCUT2D eigenvalue weighted by molar-refractivity contribution is 7.98. The minimum atomic E-state index is -0.147. The minimum absolute atomic E-state index is 0.118. The average molecular weight is 266 g/mol. The summed E-state index contributed by atoms with van der Waals surface area (Å²) in [7, 11) is 0. The van der Waals surface area contributed by atoms with Gasteiger partial charge in [0.25, 0.3) is 0 Å². The third-order valence-electron chi connectivity index (χ3n) is 4.90. The van der Waals surface area contributed by atoms with Gasteiger partial charge in [-0.1, -0.05) is 6.58 Å². The minimum Gasteiger partial charge on any atom is -0.456 e. The Bertz CT molecular complexity index is 339. The van der Waals surface area contributed by atoms with Crippen LogP contribution in [0.2, 0.25) is 0 Å². The molecule has 0 aromatic carbocycles. The summed E-state index contributed by atoms with van der Waals surface area (Å²) in [5, 5.41) is 0. The second-order valence-corrected chi connectivity index (χ2v) is 7.39. The molecule has 0 heterocycles. The summed E-state index contributed by atoms with van der Waals surface area (Å²) in [4.78, 5) is 12.1. The molecule has 4 saturated carbocycles. The van der Waals surface area contributed by atoms with E-state index < -0.39 is 0 Å². The molecule has 0 radical (unpaired) electrons. The molecule has 4 aliphatic carbocycles. The summed E-state index contributed by atoms with van der Waals surface area (Å²) in [5.74, 6) is 2.99. The van der Waals surface area contributed by atoms with Gasteiger partial charge in [0.2, 0.25) is 0 Å². The highest BCUT2D eigenvalue weighted by Crippen LogP contribution is 2.57. The average Bonchev–Trinajstić information content (AvgIpc) is 2.26. The lowest BCUT2D eigenvalue weighted by atomic mass is 9.54. The van der Waals surface area contributed by atoms with Crippen LogP contribution in [-0.2, 0) is 9.53 Å². The van der Waals surface area contributed by atoms with E-state index >= 15 is 0 Å². The monoisotopic (exact) mass is 266 g/mol. The van der Waals surface area contributed by atoms with Crippen LogP contribution in [0.15, 0.2) is 12.2 Å². The molecular weight excluding hydrogens is 244 g/mol. The van der Waals surface area contributed by atoms with Crippen molar-refractivity contribution in [2.45, 2.75) is 44.1 Å². The van der Waals surface area contributed by atoms with Crippen molar-refractivity contribution in [2.24, 2.45) is 17.8 Å².